The lowest BCUT2D eigenvalue weighted by Crippen LogP contribution is -2.11. The van der Waals surface area contributed by atoms with Gasteiger partial charge in [-0.2, -0.15) is 0 Å². The molecule has 0 saturated heterocycles. The summed E-state index contributed by atoms with van der Waals surface area (Å²) in [5, 5.41) is 7.34. The fourth-order valence-electron chi connectivity index (χ4n) is 8.37. The summed E-state index contributed by atoms with van der Waals surface area (Å²) in [7, 11) is 0. The number of thiophene rings is 1. The normalized spacial score (nSPS) is 11.6. The summed E-state index contributed by atoms with van der Waals surface area (Å²) in [4.78, 5) is 2.45. The van der Waals surface area contributed by atoms with Crippen molar-refractivity contribution >= 4 is 81.3 Å². The maximum atomic E-state index is 6.26. The van der Waals surface area contributed by atoms with Crippen molar-refractivity contribution < 1.29 is 4.42 Å². The van der Waals surface area contributed by atoms with Crippen LogP contribution in [-0.4, -0.2) is 0 Å². The summed E-state index contributed by atoms with van der Waals surface area (Å²) in [5.74, 6) is 0. The number of furan rings is 1. The monoisotopic (exact) mass is 719 g/mol. The Morgan fingerprint density at radius 3 is 1.89 bits per heavy atom. The summed E-state index contributed by atoms with van der Waals surface area (Å²) in [6.45, 7) is 0. The number of nitrogens with zero attached hydrogens (tertiary/aromatic N) is 1. The van der Waals surface area contributed by atoms with Gasteiger partial charge >= 0.3 is 0 Å². The predicted molar refractivity (Wildman–Crippen MR) is 235 cm³/mol. The Bertz CT molecular complexity index is 3220. The van der Waals surface area contributed by atoms with Gasteiger partial charge in [-0.25, -0.2) is 0 Å². The van der Waals surface area contributed by atoms with E-state index < -0.39 is 0 Å². The van der Waals surface area contributed by atoms with E-state index in [1.165, 1.54) is 53.2 Å². The summed E-state index contributed by atoms with van der Waals surface area (Å²) < 4.78 is 8.82. The second-order valence-corrected chi connectivity index (χ2v) is 15.1. The molecule has 0 amide bonds. The number of benzene rings is 9. The van der Waals surface area contributed by atoms with E-state index in [1.54, 1.807) is 0 Å². The molecule has 0 radical (unpaired) electrons. The Labute approximate surface area is 322 Å². The zero-order valence-electron chi connectivity index (χ0n) is 29.8. The molecule has 0 aliphatic heterocycles. The molecule has 9 aromatic carbocycles. The van der Waals surface area contributed by atoms with Crippen molar-refractivity contribution in [2.24, 2.45) is 0 Å². The Morgan fingerprint density at radius 1 is 0.382 bits per heavy atom. The molecule has 0 aliphatic carbocycles. The van der Waals surface area contributed by atoms with Gasteiger partial charge in [0.1, 0.15) is 11.2 Å². The molecule has 2 aromatic heterocycles. The van der Waals surface area contributed by atoms with E-state index in [9.17, 15) is 0 Å². The van der Waals surface area contributed by atoms with E-state index in [2.05, 4.69) is 193 Å². The van der Waals surface area contributed by atoms with Gasteiger partial charge in [0, 0.05) is 37.5 Å². The van der Waals surface area contributed by atoms with E-state index in [-0.39, 0.29) is 0 Å². The van der Waals surface area contributed by atoms with Crippen molar-refractivity contribution in [3.63, 3.8) is 0 Å². The van der Waals surface area contributed by atoms with E-state index >= 15 is 0 Å². The van der Waals surface area contributed by atoms with Crippen molar-refractivity contribution in [2.75, 3.05) is 4.90 Å². The standard InChI is InChI=1S/C52H33NOS/c1-2-17-39-34(13-1)14-10-21-40(39)36-15-9-16-37(33-36)41-18-3-6-24-46(41)53(47-25-11-23-44-43-19-5-8-28-50(43)55-52(44)47)38-31-29-35(30-32-38)42-22-12-27-49-51(42)45-20-4-7-26-48(45)54-49/h1-33H. The summed E-state index contributed by atoms with van der Waals surface area (Å²) in [6.07, 6.45) is 0. The van der Waals surface area contributed by atoms with E-state index in [1.807, 2.05) is 23.5 Å². The smallest absolute Gasteiger partial charge is 0.136 e. The van der Waals surface area contributed by atoms with Gasteiger partial charge in [-0.15, -0.1) is 11.3 Å². The summed E-state index contributed by atoms with van der Waals surface area (Å²) in [6, 6.07) is 72.2. The first-order valence-corrected chi connectivity index (χ1v) is 19.5. The molecule has 0 aliphatic rings. The van der Waals surface area contributed by atoms with Gasteiger partial charge in [-0.3, -0.25) is 0 Å². The Kier molecular flexibility index (Phi) is 7.39. The van der Waals surface area contributed by atoms with Gasteiger partial charge in [0.15, 0.2) is 0 Å². The molecule has 55 heavy (non-hydrogen) atoms. The van der Waals surface area contributed by atoms with Crippen LogP contribution in [0.2, 0.25) is 0 Å². The molecule has 3 heteroatoms. The molecule has 0 fully saturated rings. The van der Waals surface area contributed by atoms with Gasteiger partial charge in [0.2, 0.25) is 0 Å². The van der Waals surface area contributed by atoms with E-state index in [0.29, 0.717) is 0 Å². The SMILES string of the molecule is c1cc(-c2ccccc2N(c2ccc(-c3cccc4oc5ccccc5c34)cc2)c2cccc3c2sc2ccccc23)cc(-c2cccc3ccccc23)c1. The molecule has 11 aromatic rings. The van der Waals surface area contributed by atoms with Gasteiger partial charge in [-0.05, 0) is 87.1 Å². The lowest BCUT2D eigenvalue weighted by atomic mass is 9.94. The fraction of sp³-hybridized carbons (Fsp3) is 0. The first-order chi connectivity index (χ1) is 27.3. The third-order valence-electron chi connectivity index (χ3n) is 10.9. The highest BCUT2D eigenvalue weighted by molar-refractivity contribution is 7.26. The topological polar surface area (TPSA) is 16.4 Å². The molecule has 2 nitrogen and oxygen atoms in total. The number of para-hydroxylation sites is 2. The maximum Gasteiger partial charge on any atom is 0.136 e. The van der Waals surface area contributed by atoms with Crippen LogP contribution < -0.4 is 4.90 Å². The van der Waals surface area contributed by atoms with Crippen molar-refractivity contribution in [1.82, 2.24) is 0 Å². The molecule has 0 bridgehead atoms. The minimum Gasteiger partial charge on any atom is -0.456 e. The van der Waals surface area contributed by atoms with Crippen LogP contribution in [-0.2, 0) is 0 Å². The van der Waals surface area contributed by atoms with Crippen LogP contribution in [0.4, 0.5) is 17.1 Å². The molecule has 0 atom stereocenters. The highest BCUT2D eigenvalue weighted by Crippen LogP contribution is 2.48. The molecule has 2 heterocycles. The molecule has 258 valence electrons. The Hall–Kier alpha value is -6.94. The summed E-state index contributed by atoms with van der Waals surface area (Å²) in [5.41, 5.74) is 12.3. The number of hydrogen-bond acceptors (Lipinski definition) is 3. The molecule has 0 unspecified atom stereocenters. The van der Waals surface area contributed by atoms with Gasteiger partial charge in [-0.1, -0.05) is 152 Å². The van der Waals surface area contributed by atoms with Crippen molar-refractivity contribution in [1.29, 1.82) is 0 Å². The minimum atomic E-state index is 0.903. The zero-order chi connectivity index (χ0) is 36.3. The van der Waals surface area contributed by atoms with Crippen LogP contribution >= 0.6 is 11.3 Å². The molecule has 0 spiro atoms. The van der Waals surface area contributed by atoms with Crippen molar-refractivity contribution in [2.45, 2.75) is 0 Å². The van der Waals surface area contributed by atoms with E-state index in [4.69, 9.17) is 4.42 Å². The lowest BCUT2D eigenvalue weighted by Gasteiger charge is -2.28. The highest BCUT2D eigenvalue weighted by Gasteiger charge is 2.22. The largest absolute Gasteiger partial charge is 0.456 e. The third-order valence-corrected chi connectivity index (χ3v) is 12.1. The second-order valence-electron chi connectivity index (χ2n) is 14.0. The number of hydrogen-bond donors (Lipinski definition) is 0. The molecular formula is C52H33NOS. The molecule has 0 saturated carbocycles. The van der Waals surface area contributed by atoms with Crippen LogP contribution in [0.3, 0.4) is 0 Å². The van der Waals surface area contributed by atoms with E-state index in [0.717, 1.165) is 50.1 Å². The zero-order valence-corrected chi connectivity index (χ0v) is 30.6. The molecular weight excluding hydrogens is 687 g/mol. The average molecular weight is 720 g/mol. The van der Waals surface area contributed by atoms with Crippen LogP contribution in [0, 0.1) is 0 Å². The lowest BCUT2D eigenvalue weighted by molar-refractivity contribution is 0.669. The molecule has 0 N–H and O–H groups in total. The predicted octanol–water partition coefficient (Wildman–Crippen LogP) is 15.6. The van der Waals surface area contributed by atoms with Crippen molar-refractivity contribution in [3.05, 3.63) is 200 Å². The van der Waals surface area contributed by atoms with Gasteiger partial charge in [0.05, 0.1) is 16.1 Å². The first-order valence-electron chi connectivity index (χ1n) is 18.7. The highest BCUT2D eigenvalue weighted by atomic mass is 32.1. The first kappa shape index (κ1) is 31.6. The van der Waals surface area contributed by atoms with Gasteiger partial charge < -0.3 is 9.32 Å². The Morgan fingerprint density at radius 2 is 0.982 bits per heavy atom. The second kappa shape index (κ2) is 12.9. The quantitative estimate of drug-likeness (QED) is 0.170. The fourth-order valence-corrected chi connectivity index (χ4v) is 9.57. The average Bonchev–Trinajstić information content (AvgIpc) is 3.83. The summed E-state index contributed by atoms with van der Waals surface area (Å²) >= 11 is 1.86. The van der Waals surface area contributed by atoms with Crippen molar-refractivity contribution in [3.8, 4) is 33.4 Å². The number of fused-ring (bicyclic) bond motifs is 7. The van der Waals surface area contributed by atoms with Crippen LogP contribution in [0.15, 0.2) is 205 Å². The number of rotatable bonds is 6. The van der Waals surface area contributed by atoms with Gasteiger partial charge in [0.25, 0.3) is 0 Å². The van der Waals surface area contributed by atoms with Crippen LogP contribution in [0.5, 0.6) is 0 Å². The minimum absolute atomic E-state index is 0.903. The maximum absolute atomic E-state index is 6.26. The Balaban J connectivity index is 1.10. The van der Waals surface area contributed by atoms with Crippen LogP contribution in [0.25, 0.3) is 86.3 Å². The number of anilines is 3. The third kappa shape index (κ3) is 5.24. The molecule has 11 rings (SSSR count). The van der Waals surface area contributed by atoms with Crippen LogP contribution in [0.1, 0.15) is 0 Å².